The Balaban J connectivity index is 0.000000861. The number of nitrogens with two attached hydrogens (primary N) is 1. The van der Waals surface area contributed by atoms with E-state index < -0.39 is 11.6 Å². The number of benzene rings is 1. The van der Waals surface area contributed by atoms with E-state index in [0.717, 1.165) is 32.0 Å². The molecule has 1 aromatic rings. The highest BCUT2D eigenvalue weighted by molar-refractivity contribution is 5.23. The smallest absolute Gasteiger partial charge is 0.130 e. The van der Waals surface area contributed by atoms with Crippen LogP contribution in [0.1, 0.15) is 45.2 Å². The van der Waals surface area contributed by atoms with Crippen LogP contribution in [0.15, 0.2) is 18.2 Å². The lowest BCUT2D eigenvalue weighted by molar-refractivity contribution is 0.140. The topological polar surface area (TPSA) is 29.3 Å². The van der Waals surface area contributed by atoms with Crippen LogP contribution in [0.3, 0.4) is 0 Å². The van der Waals surface area contributed by atoms with E-state index in [1.54, 1.807) is 0 Å². The van der Waals surface area contributed by atoms with Crippen LogP contribution in [0.4, 0.5) is 8.78 Å². The first-order chi connectivity index (χ1) is 9.11. The monoisotopic (exact) mass is 270 g/mol. The van der Waals surface area contributed by atoms with Crippen molar-refractivity contribution in [2.75, 3.05) is 13.1 Å². The van der Waals surface area contributed by atoms with Gasteiger partial charge in [0.15, 0.2) is 0 Å². The number of piperidine rings is 1. The molecule has 0 aromatic heterocycles. The number of hydrogen-bond donors (Lipinski definition) is 1. The van der Waals surface area contributed by atoms with Gasteiger partial charge in [-0.15, -0.1) is 0 Å². The molecule has 1 fully saturated rings. The molecule has 4 heteroatoms. The molecule has 19 heavy (non-hydrogen) atoms. The third-order valence-corrected chi connectivity index (χ3v) is 3.48. The van der Waals surface area contributed by atoms with Gasteiger partial charge < -0.3 is 5.73 Å². The minimum atomic E-state index is -0.533. The first-order valence-electron chi connectivity index (χ1n) is 7.06. The zero-order valence-corrected chi connectivity index (χ0v) is 12.0. The fraction of sp³-hybridized carbons (Fsp3) is 0.600. The van der Waals surface area contributed by atoms with Crippen molar-refractivity contribution in [1.29, 1.82) is 0 Å². The van der Waals surface area contributed by atoms with Gasteiger partial charge in [0.05, 0.1) is 0 Å². The molecule has 2 unspecified atom stereocenters. The molecule has 1 aliphatic heterocycles. The summed E-state index contributed by atoms with van der Waals surface area (Å²) in [6, 6.07) is 3.88. The average molecular weight is 270 g/mol. The average Bonchev–Trinajstić information content (AvgIpc) is 2.41. The predicted octanol–water partition coefficient (Wildman–Crippen LogP) is 3.48. The maximum atomic E-state index is 13.8. The van der Waals surface area contributed by atoms with E-state index in [1.807, 2.05) is 20.8 Å². The number of likely N-dealkylation sites (tertiary alicyclic amines) is 1. The Morgan fingerprint density at radius 3 is 2.58 bits per heavy atom. The highest BCUT2D eigenvalue weighted by atomic mass is 19.1. The van der Waals surface area contributed by atoms with Crippen LogP contribution in [0.25, 0.3) is 0 Å². The summed E-state index contributed by atoms with van der Waals surface area (Å²) in [4.78, 5) is 2.19. The molecule has 1 aromatic carbocycles. The molecule has 2 atom stereocenters. The van der Waals surface area contributed by atoms with Crippen LogP contribution in [-0.2, 0) is 0 Å². The van der Waals surface area contributed by atoms with E-state index in [2.05, 4.69) is 4.90 Å². The van der Waals surface area contributed by atoms with Gasteiger partial charge in [0.2, 0.25) is 0 Å². The Hall–Kier alpha value is -1.00. The van der Waals surface area contributed by atoms with Gasteiger partial charge in [-0.1, -0.05) is 26.8 Å². The lowest BCUT2D eigenvalue weighted by atomic mass is 9.92. The summed E-state index contributed by atoms with van der Waals surface area (Å²) >= 11 is 0. The Morgan fingerprint density at radius 1 is 1.32 bits per heavy atom. The second-order valence-corrected chi connectivity index (χ2v) is 4.59. The normalized spacial score (nSPS) is 23.7. The lowest BCUT2D eigenvalue weighted by Gasteiger charge is -2.38. The van der Waals surface area contributed by atoms with Gasteiger partial charge >= 0.3 is 0 Å². The Bertz CT molecular complexity index is 396. The van der Waals surface area contributed by atoms with Gasteiger partial charge in [-0.25, -0.2) is 8.78 Å². The Kier molecular flexibility index (Phi) is 6.38. The summed E-state index contributed by atoms with van der Waals surface area (Å²) in [7, 11) is 0. The van der Waals surface area contributed by atoms with E-state index in [-0.39, 0.29) is 12.1 Å². The van der Waals surface area contributed by atoms with Crippen LogP contribution in [0, 0.1) is 11.6 Å². The molecule has 108 valence electrons. The zero-order valence-electron chi connectivity index (χ0n) is 12.0. The molecule has 0 radical (unpaired) electrons. The quantitative estimate of drug-likeness (QED) is 0.891. The van der Waals surface area contributed by atoms with Gasteiger partial charge in [-0.2, -0.15) is 0 Å². The van der Waals surface area contributed by atoms with Crippen molar-refractivity contribution in [2.45, 2.75) is 45.7 Å². The van der Waals surface area contributed by atoms with E-state index in [0.29, 0.717) is 5.56 Å². The van der Waals surface area contributed by atoms with Crippen LogP contribution < -0.4 is 5.73 Å². The first kappa shape index (κ1) is 16.1. The number of rotatable bonds is 2. The molecule has 0 bridgehead atoms. The third-order valence-electron chi connectivity index (χ3n) is 3.48. The van der Waals surface area contributed by atoms with Crippen molar-refractivity contribution in [2.24, 2.45) is 5.73 Å². The maximum absolute atomic E-state index is 13.8. The van der Waals surface area contributed by atoms with Gasteiger partial charge in [0.25, 0.3) is 0 Å². The van der Waals surface area contributed by atoms with Crippen molar-refractivity contribution < 1.29 is 8.78 Å². The molecule has 0 amide bonds. The van der Waals surface area contributed by atoms with Crippen molar-refractivity contribution in [1.82, 2.24) is 4.90 Å². The van der Waals surface area contributed by atoms with E-state index in [1.165, 1.54) is 12.1 Å². The molecule has 0 spiro atoms. The predicted molar refractivity (Wildman–Crippen MR) is 74.9 cm³/mol. The maximum Gasteiger partial charge on any atom is 0.130 e. The number of halogens is 2. The highest BCUT2D eigenvalue weighted by Gasteiger charge is 2.28. The Labute approximate surface area is 114 Å². The van der Waals surface area contributed by atoms with Gasteiger partial charge in [-0.05, 0) is 25.5 Å². The summed E-state index contributed by atoms with van der Waals surface area (Å²) in [5.41, 5.74) is 6.49. The van der Waals surface area contributed by atoms with Crippen LogP contribution in [-0.4, -0.2) is 24.0 Å². The minimum absolute atomic E-state index is 0.0238. The largest absolute Gasteiger partial charge is 0.328 e. The van der Waals surface area contributed by atoms with Crippen LogP contribution >= 0.6 is 0 Å². The minimum Gasteiger partial charge on any atom is -0.328 e. The summed E-state index contributed by atoms with van der Waals surface area (Å²) in [6.45, 7) is 7.78. The van der Waals surface area contributed by atoms with E-state index >= 15 is 0 Å². The molecule has 0 saturated carbocycles. The molecule has 2 N–H and O–H groups in total. The second-order valence-electron chi connectivity index (χ2n) is 4.59. The summed E-state index contributed by atoms with van der Waals surface area (Å²) in [5.74, 6) is -1.00. The molecule has 1 heterocycles. The van der Waals surface area contributed by atoms with E-state index in [9.17, 15) is 8.78 Å². The van der Waals surface area contributed by atoms with Crippen molar-refractivity contribution in [3.63, 3.8) is 0 Å². The van der Waals surface area contributed by atoms with Crippen molar-refractivity contribution in [3.05, 3.63) is 35.4 Å². The van der Waals surface area contributed by atoms with Gasteiger partial charge in [-0.3, -0.25) is 4.90 Å². The van der Waals surface area contributed by atoms with Crippen molar-refractivity contribution >= 4 is 0 Å². The summed E-state index contributed by atoms with van der Waals surface area (Å²) < 4.78 is 26.7. The number of nitrogens with zero attached hydrogens (tertiary/aromatic N) is 1. The fourth-order valence-corrected chi connectivity index (χ4v) is 2.52. The first-order valence-corrected chi connectivity index (χ1v) is 7.06. The van der Waals surface area contributed by atoms with Gasteiger partial charge in [0, 0.05) is 30.3 Å². The molecular formula is C15H24F2N2. The number of hydrogen-bond acceptors (Lipinski definition) is 2. The standard InChI is InChI=1S/C13H18F2N2.C2H6/c1-2-17-6-5-10(16)8-13(17)11-4-3-9(14)7-12(11)15;1-2/h3-4,7,10,13H,2,5-6,8,16H2,1H3;1-2H3. The summed E-state index contributed by atoms with van der Waals surface area (Å²) in [6.07, 6.45) is 1.67. The molecule has 0 aliphatic carbocycles. The highest BCUT2D eigenvalue weighted by Crippen LogP contribution is 2.31. The lowest BCUT2D eigenvalue weighted by Crippen LogP contribution is -2.42. The SMILES string of the molecule is CC.CCN1CCC(N)CC1c1ccc(F)cc1F. The molecule has 1 aliphatic rings. The fourth-order valence-electron chi connectivity index (χ4n) is 2.52. The van der Waals surface area contributed by atoms with E-state index in [4.69, 9.17) is 5.73 Å². The molecule has 2 nitrogen and oxygen atoms in total. The van der Waals surface area contributed by atoms with Crippen LogP contribution in [0.2, 0.25) is 0 Å². The Morgan fingerprint density at radius 2 is 2.00 bits per heavy atom. The molecule has 1 saturated heterocycles. The second kappa shape index (κ2) is 7.56. The molecular weight excluding hydrogens is 246 g/mol. The summed E-state index contributed by atoms with van der Waals surface area (Å²) in [5, 5.41) is 0. The van der Waals surface area contributed by atoms with Crippen molar-refractivity contribution in [3.8, 4) is 0 Å². The third kappa shape index (κ3) is 3.98. The molecule has 2 rings (SSSR count). The zero-order chi connectivity index (χ0) is 14.4. The van der Waals surface area contributed by atoms with Crippen LogP contribution in [0.5, 0.6) is 0 Å². The van der Waals surface area contributed by atoms with Gasteiger partial charge in [0.1, 0.15) is 11.6 Å².